The SMILES string of the molecule is O=C(CCCN1C(=O)C=CC1=O)OC1C(=O)CCC1=O. The van der Waals surface area contributed by atoms with Crippen LogP contribution in [0.3, 0.4) is 0 Å². The fourth-order valence-electron chi connectivity index (χ4n) is 2.04. The third-order valence-electron chi connectivity index (χ3n) is 3.12. The summed E-state index contributed by atoms with van der Waals surface area (Å²) in [6, 6.07) is 0. The van der Waals surface area contributed by atoms with Gasteiger partial charge in [0, 0.05) is 38.0 Å². The monoisotopic (exact) mass is 279 g/mol. The van der Waals surface area contributed by atoms with Crippen LogP contribution < -0.4 is 0 Å². The maximum atomic E-state index is 11.5. The van der Waals surface area contributed by atoms with Crippen molar-refractivity contribution < 1.29 is 28.7 Å². The van der Waals surface area contributed by atoms with E-state index in [1.54, 1.807) is 0 Å². The molecule has 7 heteroatoms. The summed E-state index contributed by atoms with van der Waals surface area (Å²) >= 11 is 0. The molecule has 0 N–H and O–H groups in total. The lowest BCUT2D eigenvalue weighted by atomic mass is 10.2. The average molecular weight is 279 g/mol. The van der Waals surface area contributed by atoms with E-state index in [-0.39, 0.29) is 43.8 Å². The van der Waals surface area contributed by atoms with Gasteiger partial charge in [-0.25, -0.2) is 0 Å². The molecule has 2 rings (SSSR count). The van der Waals surface area contributed by atoms with E-state index < -0.39 is 23.9 Å². The summed E-state index contributed by atoms with van der Waals surface area (Å²) in [5.41, 5.74) is 0. The zero-order valence-electron chi connectivity index (χ0n) is 10.7. The Labute approximate surface area is 114 Å². The van der Waals surface area contributed by atoms with E-state index in [1.165, 1.54) is 0 Å². The van der Waals surface area contributed by atoms with Gasteiger partial charge in [-0.3, -0.25) is 28.9 Å². The lowest BCUT2D eigenvalue weighted by molar-refractivity contribution is -0.157. The predicted molar refractivity (Wildman–Crippen MR) is 64.2 cm³/mol. The van der Waals surface area contributed by atoms with Crippen LogP contribution in [0.25, 0.3) is 0 Å². The van der Waals surface area contributed by atoms with Crippen LogP contribution in [-0.2, 0) is 28.7 Å². The molecule has 1 aliphatic carbocycles. The Balaban J connectivity index is 1.73. The molecule has 0 bridgehead atoms. The summed E-state index contributed by atoms with van der Waals surface area (Å²) in [7, 11) is 0. The molecular formula is C13H13NO6. The zero-order chi connectivity index (χ0) is 14.7. The predicted octanol–water partition coefficient (Wildman–Crippen LogP) is -0.465. The molecule has 0 spiro atoms. The number of nitrogens with zero attached hydrogens (tertiary/aromatic N) is 1. The van der Waals surface area contributed by atoms with Crippen molar-refractivity contribution in [1.29, 1.82) is 0 Å². The number of rotatable bonds is 5. The van der Waals surface area contributed by atoms with Crippen molar-refractivity contribution in [1.82, 2.24) is 4.90 Å². The minimum absolute atomic E-state index is 0.0614. The number of esters is 1. The maximum Gasteiger partial charge on any atom is 0.307 e. The van der Waals surface area contributed by atoms with Crippen LogP contribution in [0.1, 0.15) is 25.7 Å². The largest absolute Gasteiger partial charge is 0.446 e. The van der Waals surface area contributed by atoms with Gasteiger partial charge in [0.2, 0.25) is 6.10 Å². The molecule has 0 unspecified atom stereocenters. The Morgan fingerprint density at radius 3 is 2.20 bits per heavy atom. The Morgan fingerprint density at radius 2 is 1.65 bits per heavy atom. The first-order chi connectivity index (χ1) is 9.49. The number of carbonyl (C=O) groups is 5. The quantitative estimate of drug-likeness (QED) is 0.383. The molecule has 0 atom stereocenters. The number of Topliss-reactive ketones (excluding diaryl/α,β-unsaturated/α-hetero) is 2. The highest BCUT2D eigenvalue weighted by Crippen LogP contribution is 2.15. The van der Waals surface area contributed by atoms with Crippen LogP contribution in [0.2, 0.25) is 0 Å². The van der Waals surface area contributed by atoms with Gasteiger partial charge in [0.1, 0.15) is 0 Å². The van der Waals surface area contributed by atoms with Crippen molar-refractivity contribution in [2.45, 2.75) is 31.8 Å². The van der Waals surface area contributed by atoms with Gasteiger partial charge >= 0.3 is 5.97 Å². The van der Waals surface area contributed by atoms with Crippen molar-refractivity contribution in [3.8, 4) is 0 Å². The second-order valence-corrected chi connectivity index (χ2v) is 4.57. The number of imide groups is 1. The van der Waals surface area contributed by atoms with Gasteiger partial charge in [-0.2, -0.15) is 0 Å². The van der Waals surface area contributed by atoms with E-state index in [0.717, 1.165) is 17.1 Å². The van der Waals surface area contributed by atoms with E-state index in [0.29, 0.717) is 0 Å². The highest BCUT2D eigenvalue weighted by atomic mass is 16.5. The molecular weight excluding hydrogens is 266 g/mol. The zero-order valence-corrected chi connectivity index (χ0v) is 10.7. The third kappa shape index (κ3) is 2.98. The van der Waals surface area contributed by atoms with Gasteiger partial charge in [-0.15, -0.1) is 0 Å². The molecule has 2 aliphatic rings. The molecule has 1 aliphatic heterocycles. The number of carbonyl (C=O) groups excluding carboxylic acids is 5. The number of amides is 2. The van der Waals surface area contributed by atoms with Gasteiger partial charge in [0.15, 0.2) is 11.6 Å². The summed E-state index contributed by atoms with van der Waals surface area (Å²) in [5.74, 6) is -2.26. The topological polar surface area (TPSA) is 97.8 Å². The lowest BCUT2D eigenvalue weighted by Gasteiger charge is -2.13. The number of hydrogen-bond acceptors (Lipinski definition) is 6. The van der Waals surface area contributed by atoms with E-state index in [2.05, 4.69) is 0 Å². The number of ketones is 2. The van der Waals surface area contributed by atoms with E-state index >= 15 is 0 Å². The Bertz CT molecular complexity index is 487. The molecule has 0 aromatic rings. The third-order valence-corrected chi connectivity index (χ3v) is 3.12. The normalized spacial score (nSPS) is 19.3. The van der Waals surface area contributed by atoms with Gasteiger partial charge in [-0.1, -0.05) is 0 Å². The van der Waals surface area contributed by atoms with E-state index in [1.807, 2.05) is 0 Å². The first-order valence-electron chi connectivity index (χ1n) is 6.27. The molecule has 0 radical (unpaired) electrons. The van der Waals surface area contributed by atoms with Crippen LogP contribution >= 0.6 is 0 Å². The fourth-order valence-corrected chi connectivity index (χ4v) is 2.04. The summed E-state index contributed by atoms with van der Waals surface area (Å²) < 4.78 is 4.81. The molecule has 1 heterocycles. The molecule has 0 aromatic heterocycles. The molecule has 0 saturated heterocycles. The van der Waals surface area contributed by atoms with Gasteiger partial charge < -0.3 is 4.74 Å². The lowest BCUT2D eigenvalue weighted by Crippen LogP contribution is -2.32. The fraction of sp³-hybridized carbons (Fsp3) is 0.462. The minimum atomic E-state index is -1.26. The molecule has 2 amide bonds. The number of hydrogen-bond donors (Lipinski definition) is 0. The van der Waals surface area contributed by atoms with E-state index in [4.69, 9.17) is 4.74 Å². The van der Waals surface area contributed by atoms with Crippen LogP contribution in [0.4, 0.5) is 0 Å². The Morgan fingerprint density at radius 1 is 1.10 bits per heavy atom. The Kier molecular flexibility index (Phi) is 4.07. The van der Waals surface area contributed by atoms with Crippen LogP contribution in [0.15, 0.2) is 12.2 Å². The summed E-state index contributed by atoms with van der Waals surface area (Å²) in [5, 5.41) is 0. The second kappa shape index (κ2) is 5.77. The highest BCUT2D eigenvalue weighted by molar-refractivity contribution is 6.13. The van der Waals surface area contributed by atoms with Crippen LogP contribution in [-0.4, -0.2) is 46.9 Å². The van der Waals surface area contributed by atoms with E-state index in [9.17, 15) is 24.0 Å². The second-order valence-electron chi connectivity index (χ2n) is 4.57. The van der Waals surface area contributed by atoms with Gasteiger partial charge in [0.05, 0.1) is 0 Å². The summed E-state index contributed by atoms with van der Waals surface area (Å²) in [4.78, 5) is 57.6. The number of ether oxygens (including phenoxy) is 1. The average Bonchev–Trinajstić information content (AvgIpc) is 2.88. The molecule has 1 saturated carbocycles. The standard InChI is InChI=1S/C13H13NO6/c15-8-3-4-9(16)13(8)20-12(19)2-1-7-14-10(17)5-6-11(14)18/h5-6,13H,1-4,7H2. The summed E-state index contributed by atoms with van der Waals surface area (Å²) in [6.07, 6.45) is 1.45. The molecule has 106 valence electrons. The molecule has 20 heavy (non-hydrogen) atoms. The van der Waals surface area contributed by atoms with Crippen molar-refractivity contribution in [3.63, 3.8) is 0 Å². The van der Waals surface area contributed by atoms with Crippen molar-refractivity contribution in [3.05, 3.63) is 12.2 Å². The highest BCUT2D eigenvalue weighted by Gasteiger charge is 2.36. The van der Waals surface area contributed by atoms with Crippen LogP contribution in [0, 0.1) is 0 Å². The molecule has 0 aromatic carbocycles. The van der Waals surface area contributed by atoms with Gasteiger partial charge in [0.25, 0.3) is 11.8 Å². The first kappa shape index (κ1) is 14.1. The van der Waals surface area contributed by atoms with Crippen molar-refractivity contribution in [2.75, 3.05) is 6.54 Å². The minimum Gasteiger partial charge on any atom is -0.446 e. The van der Waals surface area contributed by atoms with Crippen molar-refractivity contribution in [2.24, 2.45) is 0 Å². The van der Waals surface area contributed by atoms with Crippen LogP contribution in [0.5, 0.6) is 0 Å². The first-order valence-corrected chi connectivity index (χ1v) is 6.27. The molecule has 7 nitrogen and oxygen atoms in total. The Hall–Kier alpha value is -2.31. The van der Waals surface area contributed by atoms with Crippen molar-refractivity contribution >= 4 is 29.4 Å². The van der Waals surface area contributed by atoms with Gasteiger partial charge in [-0.05, 0) is 6.42 Å². The molecule has 1 fully saturated rings. The maximum absolute atomic E-state index is 11.5. The smallest absolute Gasteiger partial charge is 0.307 e. The summed E-state index contributed by atoms with van der Waals surface area (Å²) in [6.45, 7) is 0.103.